The highest BCUT2D eigenvalue weighted by molar-refractivity contribution is 7.40. The van der Waals surface area contributed by atoms with Gasteiger partial charge in [0.25, 0.3) is 0 Å². The van der Waals surface area contributed by atoms with Crippen molar-refractivity contribution in [2.75, 3.05) is 12.3 Å². The molecule has 0 nitrogen and oxygen atoms in total. The molecule has 0 fully saturated rings. The molecule has 2 heteroatoms. The molecule has 0 aliphatic carbocycles. The number of hydrogen-bond donors (Lipinski definition) is 0. The summed E-state index contributed by atoms with van der Waals surface area (Å²) in [4.78, 5) is 0. The van der Waals surface area contributed by atoms with Gasteiger partial charge in [0.15, 0.2) is 0 Å². The maximum atomic E-state index is 2.32. The van der Waals surface area contributed by atoms with Gasteiger partial charge in [-0.1, -0.05) is 115 Å². The van der Waals surface area contributed by atoms with E-state index < -0.39 is 0 Å². The molecule has 2 atom stereocenters. The van der Waals surface area contributed by atoms with Gasteiger partial charge in [0.1, 0.15) is 0 Å². The summed E-state index contributed by atoms with van der Waals surface area (Å²) in [5.41, 5.74) is 0.699. The van der Waals surface area contributed by atoms with E-state index in [1.807, 2.05) is 0 Å². The van der Waals surface area contributed by atoms with Crippen molar-refractivity contribution < 1.29 is 0 Å². The van der Waals surface area contributed by atoms with Gasteiger partial charge in [0.2, 0.25) is 0 Å². The lowest BCUT2D eigenvalue weighted by Gasteiger charge is -2.17. The van der Waals surface area contributed by atoms with Gasteiger partial charge in [-0.15, -0.1) is 17.2 Å². The fourth-order valence-corrected chi connectivity index (χ4v) is 3.25. The van der Waals surface area contributed by atoms with E-state index in [0.29, 0.717) is 21.1 Å². The van der Waals surface area contributed by atoms with Crippen LogP contribution in [0.3, 0.4) is 0 Å². The first-order valence-electron chi connectivity index (χ1n) is 9.27. The van der Waals surface area contributed by atoms with Crippen LogP contribution in [0.5, 0.6) is 0 Å². The summed E-state index contributed by atoms with van der Waals surface area (Å²) in [7, 11) is 2.08. The highest BCUT2D eigenvalue weighted by atomic mass is 31.1. The average Bonchev–Trinajstić information content (AvgIpc) is 2.27. The van der Waals surface area contributed by atoms with Gasteiger partial charge in [-0.3, -0.25) is 0 Å². The molecular formula is C23H50P2. The molecule has 0 aromatic heterocycles. The van der Waals surface area contributed by atoms with Crippen molar-refractivity contribution in [2.24, 2.45) is 10.8 Å². The van der Waals surface area contributed by atoms with Crippen molar-refractivity contribution in [3.63, 3.8) is 0 Å². The maximum absolute atomic E-state index is 2.32. The minimum absolute atomic E-state index is 0. The minimum Gasteiger partial charge on any atom is -0.113 e. The third-order valence-electron chi connectivity index (χ3n) is 2.74. The van der Waals surface area contributed by atoms with Gasteiger partial charge in [-0.05, 0) is 33.5 Å². The molecular weight excluding hydrogens is 338 g/mol. The summed E-state index contributed by atoms with van der Waals surface area (Å²) < 4.78 is 0. The van der Waals surface area contributed by atoms with Crippen molar-refractivity contribution in [1.82, 2.24) is 0 Å². The van der Waals surface area contributed by atoms with Crippen LogP contribution < -0.4 is 0 Å². The third-order valence-corrected chi connectivity index (χ3v) is 5.74. The first-order chi connectivity index (χ1) is 10.4. The second kappa shape index (κ2) is 12.7. The summed E-state index contributed by atoms with van der Waals surface area (Å²) in [6.45, 7) is 27.3. The van der Waals surface area contributed by atoms with Crippen molar-refractivity contribution >= 4 is 17.2 Å². The second-order valence-corrected chi connectivity index (χ2v) is 15.3. The Morgan fingerprint density at radius 1 is 0.520 bits per heavy atom. The van der Waals surface area contributed by atoms with Crippen LogP contribution in [0.25, 0.3) is 0 Å². The molecule has 0 heterocycles. The summed E-state index contributed by atoms with van der Waals surface area (Å²) >= 11 is 0. The van der Waals surface area contributed by atoms with E-state index in [0.717, 1.165) is 17.2 Å². The largest absolute Gasteiger partial charge is 0.113 e. The van der Waals surface area contributed by atoms with Crippen molar-refractivity contribution in [1.29, 1.82) is 0 Å². The molecule has 0 saturated heterocycles. The lowest BCUT2D eigenvalue weighted by atomic mass is 9.97. The highest BCUT2D eigenvalue weighted by Crippen LogP contribution is 2.31. The zero-order valence-corrected chi connectivity index (χ0v) is 20.7. The molecule has 0 aliphatic heterocycles. The smallest absolute Gasteiger partial charge is 0.0167 e. The van der Waals surface area contributed by atoms with Gasteiger partial charge < -0.3 is 0 Å². The first-order valence-corrected chi connectivity index (χ1v) is 11.7. The summed E-state index contributed by atoms with van der Waals surface area (Å²) in [5, 5.41) is 1.00. The molecule has 0 radical (unpaired) electrons. The SMILES string of the molecule is C.CC(C)(C)/C=C/CPC(C)(C)C.CC(C)(C)/C=C\CPC(C)(C)C. The van der Waals surface area contributed by atoms with Crippen LogP contribution in [-0.2, 0) is 0 Å². The standard InChI is InChI=1S/2C11H23P.CH4/c2*1-10(2,3)8-7-9-12-11(4,5)6;/h2*7-8,12H,9H2,1-6H3;1H4/b8-7+;8-7-;. The Hall–Kier alpha value is 0.340. The topological polar surface area (TPSA) is 0 Å². The zero-order chi connectivity index (χ0) is 19.7. The summed E-state index contributed by atoms with van der Waals surface area (Å²) in [6.07, 6.45) is 11.7. The zero-order valence-electron chi connectivity index (χ0n) is 18.7. The van der Waals surface area contributed by atoms with Crippen LogP contribution in [0.1, 0.15) is 90.5 Å². The van der Waals surface area contributed by atoms with Crippen molar-refractivity contribution in [2.45, 2.75) is 101 Å². The molecule has 0 bridgehead atoms. The monoisotopic (exact) mass is 388 g/mol. The van der Waals surface area contributed by atoms with E-state index in [9.17, 15) is 0 Å². The van der Waals surface area contributed by atoms with Crippen molar-refractivity contribution in [3.8, 4) is 0 Å². The molecule has 0 aliphatic rings. The fraction of sp³-hybridized carbons (Fsp3) is 0.826. The van der Waals surface area contributed by atoms with Crippen LogP contribution in [0, 0.1) is 10.8 Å². The number of rotatable bonds is 4. The summed E-state index contributed by atoms with van der Waals surface area (Å²) in [6, 6.07) is 0. The van der Waals surface area contributed by atoms with E-state index in [2.05, 4.69) is 107 Å². The van der Waals surface area contributed by atoms with Gasteiger partial charge in [0.05, 0.1) is 0 Å². The average molecular weight is 389 g/mol. The molecule has 0 spiro atoms. The minimum atomic E-state index is 0. The molecule has 0 aromatic rings. The lowest BCUT2D eigenvalue weighted by molar-refractivity contribution is 0.543. The van der Waals surface area contributed by atoms with Gasteiger partial charge in [0, 0.05) is 0 Å². The molecule has 25 heavy (non-hydrogen) atoms. The Morgan fingerprint density at radius 2 is 0.760 bits per heavy atom. The predicted molar refractivity (Wildman–Crippen MR) is 130 cm³/mol. The normalized spacial score (nSPS) is 14.6. The molecule has 152 valence electrons. The van der Waals surface area contributed by atoms with Gasteiger partial charge in [-0.25, -0.2) is 0 Å². The van der Waals surface area contributed by atoms with Crippen LogP contribution in [0.2, 0.25) is 0 Å². The number of hydrogen-bond acceptors (Lipinski definition) is 0. The van der Waals surface area contributed by atoms with E-state index in [4.69, 9.17) is 0 Å². The molecule has 0 amide bonds. The highest BCUT2D eigenvalue weighted by Gasteiger charge is 2.09. The van der Waals surface area contributed by atoms with E-state index >= 15 is 0 Å². The Morgan fingerprint density at radius 3 is 0.920 bits per heavy atom. The number of allylic oxidation sites excluding steroid dienone is 4. The Balaban J connectivity index is -0.000000372. The van der Waals surface area contributed by atoms with Crippen LogP contribution in [0.4, 0.5) is 0 Å². The Bertz CT molecular complexity index is 325. The van der Waals surface area contributed by atoms with Crippen LogP contribution >= 0.6 is 17.2 Å². The molecule has 0 saturated carbocycles. The Kier molecular flexibility index (Phi) is 15.3. The second-order valence-electron chi connectivity index (χ2n) is 10.8. The molecule has 0 rings (SSSR count). The molecule has 0 aromatic carbocycles. The van der Waals surface area contributed by atoms with E-state index in [-0.39, 0.29) is 7.43 Å². The maximum Gasteiger partial charge on any atom is -0.0167 e. The molecule has 0 N–H and O–H groups in total. The summed E-state index contributed by atoms with van der Waals surface area (Å²) in [5.74, 6) is 0. The molecule has 2 unspecified atom stereocenters. The van der Waals surface area contributed by atoms with Gasteiger partial charge >= 0.3 is 0 Å². The third kappa shape index (κ3) is 36.1. The van der Waals surface area contributed by atoms with E-state index in [1.54, 1.807) is 0 Å². The lowest BCUT2D eigenvalue weighted by Crippen LogP contribution is -2.05. The van der Waals surface area contributed by atoms with Gasteiger partial charge in [-0.2, -0.15) is 0 Å². The quantitative estimate of drug-likeness (QED) is 0.333. The fourth-order valence-electron chi connectivity index (χ4n) is 1.56. The first kappa shape index (κ1) is 30.1. The van der Waals surface area contributed by atoms with E-state index in [1.165, 1.54) is 12.3 Å². The van der Waals surface area contributed by atoms with Crippen LogP contribution in [-0.4, -0.2) is 22.6 Å². The predicted octanol–water partition coefficient (Wildman–Crippen LogP) is 8.77. The van der Waals surface area contributed by atoms with Crippen molar-refractivity contribution in [3.05, 3.63) is 24.3 Å². The van der Waals surface area contributed by atoms with Crippen LogP contribution in [0.15, 0.2) is 24.3 Å². The Labute approximate surface area is 165 Å².